The molecular formula is C11H18IN3O. The summed E-state index contributed by atoms with van der Waals surface area (Å²) in [6.07, 6.45) is 1.82. The van der Waals surface area contributed by atoms with Gasteiger partial charge in [-0.25, -0.2) is 0 Å². The van der Waals surface area contributed by atoms with Crippen molar-refractivity contribution in [2.24, 2.45) is 11.1 Å². The monoisotopic (exact) mass is 335 g/mol. The van der Waals surface area contributed by atoms with Gasteiger partial charge in [-0.2, -0.15) is 0 Å². The molecule has 0 unspecified atom stereocenters. The van der Waals surface area contributed by atoms with Gasteiger partial charge in [0, 0.05) is 23.4 Å². The second-order valence-electron chi connectivity index (χ2n) is 4.76. The van der Waals surface area contributed by atoms with E-state index in [9.17, 15) is 4.79 Å². The topological polar surface area (TPSA) is 62.1 Å². The summed E-state index contributed by atoms with van der Waals surface area (Å²) in [5, 5.41) is 0. The predicted octanol–water partition coefficient (Wildman–Crippen LogP) is 1.68. The van der Waals surface area contributed by atoms with E-state index >= 15 is 0 Å². The number of amides is 1. The normalized spacial score (nSPS) is 11.6. The molecule has 90 valence electrons. The Morgan fingerprint density at radius 1 is 1.62 bits per heavy atom. The van der Waals surface area contributed by atoms with E-state index < -0.39 is 0 Å². The summed E-state index contributed by atoms with van der Waals surface area (Å²) in [6.45, 7) is 5.31. The molecule has 0 fully saturated rings. The van der Waals surface area contributed by atoms with E-state index in [-0.39, 0.29) is 11.3 Å². The lowest BCUT2D eigenvalue weighted by atomic mass is 9.93. The minimum atomic E-state index is -0.0514. The summed E-state index contributed by atoms with van der Waals surface area (Å²) >= 11 is 2.17. The van der Waals surface area contributed by atoms with Crippen molar-refractivity contribution in [2.75, 3.05) is 20.1 Å². The van der Waals surface area contributed by atoms with Crippen LogP contribution in [0.15, 0.2) is 12.3 Å². The molecule has 0 saturated heterocycles. The van der Waals surface area contributed by atoms with Gasteiger partial charge in [0.2, 0.25) is 0 Å². The second-order valence-corrected chi connectivity index (χ2v) is 6.01. The summed E-state index contributed by atoms with van der Waals surface area (Å²) in [6, 6.07) is 1.84. The van der Waals surface area contributed by atoms with Crippen molar-refractivity contribution < 1.29 is 4.79 Å². The van der Waals surface area contributed by atoms with E-state index in [2.05, 4.69) is 41.4 Å². The summed E-state index contributed by atoms with van der Waals surface area (Å²) in [5.41, 5.74) is 6.22. The Labute approximate surface area is 110 Å². The number of nitrogens with two attached hydrogens (primary N) is 1. The molecule has 3 N–H and O–H groups in total. The lowest BCUT2D eigenvalue weighted by Gasteiger charge is -2.28. The molecule has 0 aliphatic rings. The molecule has 0 radical (unpaired) electrons. The van der Waals surface area contributed by atoms with Crippen LogP contribution in [0.4, 0.5) is 0 Å². The molecule has 0 aromatic carbocycles. The van der Waals surface area contributed by atoms with Crippen molar-refractivity contribution in [3.05, 3.63) is 21.5 Å². The van der Waals surface area contributed by atoms with Crippen molar-refractivity contribution in [3.8, 4) is 0 Å². The molecule has 1 aromatic rings. The average molecular weight is 335 g/mol. The van der Waals surface area contributed by atoms with Crippen LogP contribution in [-0.2, 0) is 0 Å². The maximum absolute atomic E-state index is 12.0. The number of aromatic amines is 1. The lowest BCUT2D eigenvalue weighted by molar-refractivity contribution is 0.0735. The number of H-pyrrole nitrogens is 1. The number of aromatic nitrogens is 1. The number of hydrogen-bond acceptors (Lipinski definition) is 2. The Balaban J connectivity index is 2.68. The zero-order chi connectivity index (χ0) is 12.3. The molecule has 5 heteroatoms. The first-order valence-electron chi connectivity index (χ1n) is 5.15. The van der Waals surface area contributed by atoms with E-state index in [1.165, 1.54) is 0 Å². The fourth-order valence-corrected chi connectivity index (χ4v) is 1.94. The molecule has 1 heterocycles. The van der Waals surface area contributed by atoms with Crippen LogP contribution < -0.4 is 5.73 Å². The van der Waals surface area contributed by atoms with Crippen molar-refractivity contribution in [3.63, 3.8) is 0 Å². The molecule has 0 spiro atoms. The SMILES string of the molecule is CN(CC(C)(C)CN)C(=O)c1cc(I)c[nH]1. The van der Waals surface area contributed by atoms with Crippen molar-refractivity contribution in [1.29, 1.82) is 0 Å². The number of hydrogen-bond donors (Lipinski definition) is 2. The van der Waals surface area contributed by atoms with Crippen LogP contribution >= 0.6 is 22.6 Å². The third-order valence-electron chi connectivity index (χ3n) is 2.44. The lowest BCUT2D eigenvalue weighted by Crippen LogP contribution is -2.39. The second kappa shape index (κ2) is 5.18. The fourth-order valence-electron chi connectivity index (χ4n) is 1.48. The number of rotatable bonds is 4. The van der Waals surface area contributed by atoms with Gasteiger partial charge in [0.05, 0.1) is 0 Å². The first-order chi connectivity index (χ1) is 7.35. The van der Waals surface area contributed by atoms with Gasteiger partial charge in [0.25, 0.3) is 5.91 Å². The van der Waals surface area contributed by atoms with Crippen molar-refractivity contribution in [1.82, 2.24) is 9.88 Å². The van der Waals surface area contributed by atoms with Crippen LogP contribution in [0.2, 0.25) is 0 Å². The van der Waals surface area contributed by atoms with E-state index in [1.807, 2.05) is 12.3 Å². The van der Waals surface area contributed by atoms with Crippen LogP contribution in [0.1, 0.15) is 24.3 Å². The number of nitrogens with zero attached hydrogens (tertiary/aromatic N) is 1. The highest BCUT2D eigenvalue weighted by molar-refractivity contribution is 14.1. The summed E-state index contributed by atoms with van der Waals surface area (Å²) in [7, 11) is 1.80. The van der Waals surface area contributed by atoms with Crippen LogP contribution in [0.25, 0.3) is 0 Å². The molecule has 1 rings (SSSR count). The highest BCUT2D eigenvalue weighted by Gasteiger charge is 2.22. The molecule has 4 nitrogen and oxygen atoms in total. The Kier molecular flexibility index (Phi) is 4.37. The van der Waals surface area contributed by atoms with E-state index in [0.717, 1.165) is 3.57 Å². The third kappa shape index (κ3) is 3.48. The summed E-state index contributed by atoms with van der Waals surface area (Å²) < 4.78 is 1.03. The zero-order valence-corrected chi connectivity index (χ0v) is 12.0. The van der Waals surface area contributed by atoms with Gasteiger partial charge >= 0.3 is 0 Å². The zero-order valence-electron chi connectivity index (χ0n) is 9.88. The van der Waals surface area contributed by atoms with Gasteiger partial charge in [-0.3, -0.25) is 4.79 Å². The van der Waals surface area contributed by atoms with Crippen LogP contribution in [0, 0.1) is 8.99 Å². The number of halogens is 1. The smallest absolute Gasteiger partial charge is 0.270 e. The number of carbonyl (C=O) groups excluding carboxylic acids is 1. The maximum atomic E-state index is 12.0. The molecular weight excluding hydrogens is 317 g/mol. The van der Waals surface area contributed by atoms with Crippen molar-refractivity contribution >= 4 is 28.5 Å². The van der Waals surface area contributed by atoms with E-state index in [4.69, 9.17) is 5.73 Å². The van der Waals surface area contributed by atoms with Crippen molar-refractivity contribution in [2.45, 2.75) is 13.8 Å². The number of nitrogens with one attached hydrogen (secondary N) is 1. The van der Waals surface area contributed by atoms with E-state index in [0.29, 0.717) is 18.8 Å². The van der Waals surface area contributed by atoms with Gasteiger partial charge in [0.1, 0.15) is 5.69 Å². The molecule has 0 aliphatic heterocycles. The van der Waals surface area contributed by atoms with Crippen LogP contribution in [-0.4, -0.2) is 35.9 Å². The average Bonchev–Trinajstić information content (AvgIpc) is 2.63. The fraction of sp³-hybridized carbons (Fsp3) is 0.545. The van der Waals surface area contributed by atoms with E-state index in [1.54, 1.807) is 11.9 Å². The van der Waals surface area contributed by atoms with Gasteiger partial charge < -0.3 is 15.6 Å². The maximum Gasteiger partial charge on any atom is 0.270 e. The standard InChI is InChI=1S/C11H18IN3O/c1-11(2,6-13)7-15(3)10(16)9-4-8(12)5-14-9/h4-5,14H,6-7,13H2,1-3H3. The van der Waals surface area contributed by atoms with Gasteiger partial charge in [-0.1, -0.05) is 13.8 Å². The molecule has 0 atom stereocenters. The molecule has 0 bridgehead atoms. The molecule has 1 aromatic heterocycles. The highest BCUT2D eigenvalue weighted by Crippen LogP contribution is 2.16. The minimum Gasteiger partial charge on any atom is -0.356 e. The minimum absolute atomic E-state index is 0.00411. The Morgan fingerprint density at radius 2 is 2.25 bits per heavy atom. The number of carbonyl (C=O) groups is 1. The molecule has 0 aliphatic carbocycles. The summed E-state index contributed by atoms with van der Waals surface area (Å²) in [5.74, 6) is 0.00411. The Morgan fingerprint density at radius 3 is 2.69 bits per heavy atom. The predicted molar refractivity (Wildman–Crippen MR) is 73.3 cm³/mol. The highest BCUT2D eigenvalue weighted by atomic mass is 127. The first kappa shape index (κ1) is 13.5. The molecule has 1 amide bonds. The van der Waals surface area contributed by atoms with Gasteiger partial charge in [0.15, 0.2) is 0 Å². The first-order valence-corrected chi connectivity index (χ1v) is 6.23. The molecule has 16 heavy (non-hydrogen) atoms. The van der Waals surface area contributed by atoms with Crippen LogP contribution in [0.5, 0.6) is 0 Å². The van der Waals surface area contributed by atoms with Gasteiger partial charge in [-0.05, 0) is 40.6 Å². The van der Waals surface area contributed by atoms with Crippen LogP contribution in [0.3, 0.4) is 0 Å². The summed E-state index contributed by atoms with van der Waals surface area (Å²) in [4.78, 5) is 16.7. The quantitative estimate of drug-likeness (QED) is 0.823. The third-order valence-corrected chi connectivity index (χ3v) is 3.07. The van der Waals surface area contributed by atoms with Gasteiger partial charge in [-0.15, -0.1) is 0 Å². The largest absolute Gasteiger partial charge is 0.356 e. The Bertz CT molecular complexity index is 373. The molecule has 0 saturated carbocycles. The Hall–Kier alpha value is -0.560.